The van der Waals surface area contributed by atoms with Crippen LogP contribution in [0.5, 0.6) is 0 Å². The highest BCUT2D eigenvalue weighted by Gasteiger charge is 2.33. The van der Waals surface area contributed by atoms with E-state index in [1.807, 2.05) is 42.5 Å². The molecule has 0 aliphatic carbocycles. The van der Waals surface area contributed by atoms with E-state index in [9.17, 15) is 9.59 Å². The normalized spacial score (nSPS) is 12.9. The van der Waals surface area contributed by atoms with E-state index in [2.05, 4.69) is 11.7 Å². The first kappa shape index (κ1) is 24.7. The fraction of sp³-hybridized carbons (Fsp3) is 0.207. The van der Waals surface area contributed by atoms with Crippen LogP contribution in [0.3, 0.4) is 0 Å². The number of carbonyl (C=O) groups is 2. The maximum absolute atomic E-state index is 13.1. The predicted octanol–water partition coefficient (Wildman–Crippen LogP) is 5.17. The number of aromatic nitrogens is 3. The van der Waals surface area contributed by atoms with Crippen molar-refractivity contribution < 1.29 is 14.3 Å². The van der Waals surface area contributed by atoms with Gasteiger partial charge in [0.2, 0.25) is 0 Å². The summed E-state index contributed by atoms with van der Waals surface area (Å²) in [5.74, 6) is -0.250. The molecule has 0 saturated carbocycles. The minimum atomic E-state index is -0.699. The highest BCUT2D eigenvalue weighted by Crippen LogP contribution is 2.37. The van der Waals surface area contributed by atoms with Gasteiger partial charge in [-0.15, -0.1) is 0 Å². The Balaban J connectivity index is 1.66. The Kier molecular flexibility index (Phi) is 5.96. The van der Waals surface area contributed by atoms with Crippen LogP contribution in [0.1, 0.15) is 36.7 Å². The van der Waals surface area contributed by atoms with Crippen LogP contribution < -0.4 is 5.73 Å². The molecule has 0 radical (unpaired) electrons. The summed E-state index contributed by atoms with van der Waals surface area (Å²) in [4.78, 5) is 32.6. The molecule has 5 rings (SSSR count). The highest BCUT2D eigenvalue weighted by molar-refractivity contribution is 6.05. The summed E-state index contributed by atoms with van der Waals surface area (Å²) in [5, 5.41) is 13.7. The van der Waals surface area contributed by atoms with Gasteiger partial charge < -0.3 is 15.4 Å². The Morgan fingerprint density at radius 3 is 2.58 bits per heavy atom. The number of amides is 1. The lowest BCUT2D eigenvalue weighted by Gasteiger charge is -2.19. The van der Waals surface area contributed by atoms with Gasteiger partial charge in [-0.1, -0.05) is 43.0 Å². The topological polar surface area (TPSA) is 127 Å². The van der Waals surface area contributed by atoms with Crippen molar-refractivity contribution in [3.8, 4) is 28.6 Å². The summed E-state index contributed by atoms with van der Waals surface area (Å²) < 4.78 is 6.81. The highest BCUT2D eigenvalue weighted by atomic mass is 16.6. The second-order valence-electron chi connectivity index (χ2n) is 10.1. The molecule has 3 heterocycles. The first-order valence-electron chi connectivity index (χ1n) is 12.0. The van der Waals surface area contributed by atoms with Crippen LogP contribution in [0.25, 0.3) is 33.5 Å². The molecule has 9 nitrogen and oxygen atoms in total. The number of rotatable bonds is 4. The lowest BCUT2D eigenvalue weighted by atomic mass is 9.98. The first-order valence-corrected chi connectivity index (χ1v) is 12.0. The van der Waals surface area contributed by atoms with Crippen molar-refractivity contribution in [1.29, 1.82) is 5.26 Å². The molecule has 0 fully saturated rings. The summed E-state index contributed by atoms with van der Waals surface area (Å²) >= 11 is 0. The van der Waals surface area contributed by atoms with Crippen molar-refractivity contribution >= 4 is 28.7 Å². The summed E-state index contributed by atoms with van der Waals surface area (Å²) in [6.07, 6.45) is -0.605. The SMILES string of the molecule is C=C(C#N)CN1Cc2c(-c3ccc4c(n3)c(-c3ccccc3)nn4C(=O)OC(C)(C)C)ccc(N)c2C1=O. The summed E-state index contributed by atoms with van der Waals surface area (Å²) in [6, 6.07) is 18.5. The predicted molar refractivity (Wildman–Crippen MR) is 144 cm³/mol. The lowest BCUT2D eigenvalue weighted by molar-refractivity contribution is 0.0523. The monoisotopic (exact) mass is 506 g/mol. The molecule has 1 aliphatic rings. The fourth-order valence-electron chi connectivity index (χ4n) is 4.52. The molecule has 1 amide bonds. The van der Waals surface area contributed by atoms with Gasteiger partial charge in [-0.05, 0) is 44.5 Å². The van der Waals surface area contributed by atoms with Crippen molar-refractivity contribution in [3.63, 3.8) is 0 Å². The zero-order chi connectivity index (χ0) is 27.2. The number of carbonyl (C=O) groups excluding carboxylic acids is 2. The van der Waals surface area contributed by atoms with Gasteiger partial charge in [0.25, 0.3) is 5.91 Å². The molecule has 38 heavy (non-hydrogen) atoms. The minimum absolute atomic E-state index is 0.121. The maximum atomic E-state index is 13.1. The van der Waals surface area contributed by atoms with Gasteiger partial charge in [0.05, 0.1) is 29.4 Å². The van der Waals surface area contributed by atoms with Crippen LogP contribution in [0, 0.1) is 11.3 Å². The van der Waals surface area contributed by atoms with E-state index in [-0.39, 0.29) is 24.6 Å². The Morgan fingerprint density at radius 2 is 1.89 bits per heavy atom. The molecule has 190 valence electrons. The van der Waals surface area contributed by atoms with Crippen molar-refractivity contribution in [2.75, 3.05) is 12.3 Å². The standard InChI is InChI=1S/C29H26N6O3/c1-17(14-30)15-34-16-20-19(10-11-21(31)24(20)27(34)36)22-12-13-23-26(32-22)25(18-8-6-5-7-9-18)33-35(23)28(37)38-29(2,3)4/h5-13H,1,15-16,31H2,2-4H3. The van der Waals surface area contributed by atoms with Crippen molar-refractivity contribution in [2.45, 2.75) is 32.9 Å². The third-order valence-electron chi connectivity index (χ3n) is 6.15. The molecule has 9 heteroatoms. The number of hydrogen-bond donors (Lipinski definition) is 1. The van der Waals surface area contributed by atoms with E-state index in [0.717, 1.165) is 16.7 Å². The molecule has 0 unspecified atom stereocenters. The number of nitrogen functional groups attached to an aromatic ring is 1. The molecule has 0 saturated heterocycles. The molecule has 4 aromatic rings. The van der Waals surface area contributed by atoms with Gasteiger partial charge in [0, 0.05) is 28.9 Å². The van der Waals surface area contributed by atoms with Gasteiger partial charge in [-0.3, -0.25) is 4.79 Å². The molecule has 2 aromatic heterocycles. The largest absolute Gasteiger partial charge is 0.442 e. The molecule has 1 aliphatic heterocycles. The Morgan fingerprint density at radius 1 is 1.16 bits per heavy atom. The average Bonchev–Trinajstić information content (AvgIpc) is 3.42. The van der Waals surface area contributed by atoms with Crippen molar-refractivity contribution in [2.24, 2.45) is 0 Å². The fourth-order valence-corrected chi connectivity index (χ4v) is 4.52. The number of hydrogen-bond acceptors (Lipinski definition) is 7. The summed E-state index contributed by atoms with van der Waals surface area (Å²) in [5.41, 5.74) is 11.0. The van der Waals surface area contributed by atoms with Crippen LogP contribution >= 0.6 is 0 Å². The number of nitrogens with zero attached hydrogens (tertiary/aromatic N) is 5. The number of nitriles is 1. The number of pyridine rings is 1. The third kappa shape index (κ3) is 4.37. The first-order chi connectivity index (χ1) is 18.1. The average molecular weight is 507 g/mol. The van der Waals surface area contributed by atoms with Crippen LogP contribution in [-0.4, -0.2) is 43.8 Å². The Bertz CT molecular complexity index is 1660. The van der Waals surface area contributed by atoms with E-state index < -0.39 is 11.7 Å². The van der Waals surface area contributed by atoms with Crippen molar-refractivity contribution in [1.82, 2.24) is 19.7 Å². The van der Waals surface area contributed by atoms with E-state index in [1.165, 1.54) is 4.68 Å². The Hall–Kier alpha value is -4.97. The zero-order valence-electron chi connectivity index (χ0n) is 21.4. The van der Waals surface area contributed by atoms with E-state index in [4.69, 9.17) is 20.7 Å². The molecule has 0 bridgehead atoms. The van der Waals surface area contributed by atoms with Gasteiger partial charge in [-0.25, -0.2) is 9.78 Å². The van der Waals surface area contributed by atoms with Crippen molar-refractivity contribution in [3.05, 3.63) is 77.9 Å². The van der Waals surface area contributed by atoms with E-state index in [0.29, 0.717) is 33.7 Å². The van der Waals surface area contributed by atoms with Gasteiger partial charge in [0.1, 0.15) is 16.8 Å². The van der Waals surface area contributed by atoms with Gasteiger partial charge in [-0.2, -0.15) is 15.0 Å². The van der Waals surface area contributed by atoms with Crippen LogP contribution in [0.4, 0.5) is 10.5 Å². The molecule has 2 aromatic carbocycles. The van der Waals surface area contributed by atoms with Crippen LogP contribution in [0.15, 0.2) is 66.7 Å². The lowest BCUT2D eigenvalue weighted by Crippen LogP contribution is -2.27. The molecule has 0 spiro atoms. The number of anilines is 1. The summed E-state index contributed by atoms with van der Waals surface area (Å²) in [7, 11) is 0. The molecule has 0 atom stereocenters. The molecular formula is C29H26N6O3. The Labute approximate surface area is 219 Å². The molecule has 2 N–H and O–H groups in total. The maximum Gasteiger partial charge on any atom is 0.435 e. The number of ether oxygens (including phenoxy) is 1. The van der Waals surface area contributed by atoms with Gasteiger partial charge in [0.15, 0.2) is 0 Å². The number of fused-ring (bicyclic) bond motifs is 2. The number of nitrogens with two attached hydrogens (primary N) is 1. The summed E-state index contributed by atoms with van der Waals surface area (Å²) in [6.45, 7) is 9.48. The van der Waals surface area contributed by atoms with Crippen LogP contribution in [-0.2, 0) is 11.3 Å². The second kappa shape index (κ2) is 9.16. The quantitative estimate of drug-likeness (QED) is 0.299. The molecular weight excluding hydrogens is 480 g/mol. The second-order valence-corrected chi connectivity index (χ2v) is 10.1. The zero-order valence-corrected chi connectivity index (χ0v) is 21.4. The third-order valence-corrected chi connectivity index (χ3v) is 6.15. The van der Waals surface area contributed by atoms with Gasteiger partial charge >= 0.3 is 6.09 Å². The smallest absolute Gasteiger partial charge is 0.435 e. The number of benzene rings is 2. The van der Waals surface area contributed by atoms with Crippen LogP contribution in [0.2, 0.25) is 0 Å². The van der Waals surface area contributed by atoms with E-state index in [1.54, 1.807) is 43.9 Å². The van der Waals surface area contributed by atoms with E-state index >= 15 is 0 Å². The minimum Gasteiger partial charge on any atom is -0.442 e.